The van der Waals surface area contributed by atoms with Crippen molar-refractivity contribution in [1.82, 2.24) is 0 Å². The van der Waals surface area contributed by atoms with Gasteiger partial charge < -0.3 is 34.6 Å². The van der Waals surface area contributed by atoms with Crippen LogP contribution in [0.1, 0.15) is 135 Å². The number of carbonyl (C=O) groups excluding carboxylic acids is 1. The molecule has 0 aliphatic carbocycles. The van der Waals surface area contributed by atoms with Crippen molar-refractivity contribution in [3.05, 3.63) is 0 Å². The van der Waals surface area contributed by atoms with Crippen molar-refractivity contribution in [1.29, 1.82) is 0 Å². The molecule has 8 heteroatoms. The summed E-state index contributed by atoms with van der Waals surface area (Å²) in [5.41, 5.74) is 0. The smallest absolute Gasteiger partial charge is 0.305 e. The molecule has 0 rings (SSSR count). The van der Waals surface area contributed by atoms with Crippen LogP contribution in [0, 0.1) is 0 Å². The van der Waals surface area contributed by atoms with Gasteiger partial charge in [0.05, 0.1) is 33.0 Å². The second kappa shape index (κ2) is 30.2. The van der Waals surface area contributed by atoms with Gasteiger partial charge in [0.1, 0.15) is 24.9 Å². The number of esters is 1. The molecule has 3 unspecified atom stereocenters. The molecule has 0 amide bonds. The fourth-order valence-electron chi connectivity index (χ4n) is 4.44. The molecular weight excluding hydrogens is 500 g/mol. The van der Waals surface area contributed by atoms with Crippen LogP contribution in [0.3, 0.4) is 0 Å². The van der Waals surface area contributed by atoms with Gasteiger partial charge in [-0.3, -0.25) is 4.79 Å². The van der Waals surface area contributed by atoms with Crippen LogP contribution in [0.25, 0.3) is 0 Å². The number of unbranched alkanes of at least 4 members (excludes halogenated alkanes) is 18. The largest absolute Gasteiger partial charge is 0.463 e. The highest BCUT2D eigenvalue weighted by Gasteiger charge is 2.16. The van der Waals surface area contributed by atoms with Crippen LogP contribution in [0.4, 0.5) is 0 Å². The summed E-state index contributed by atoms with van der Waals surface area (Å²) in [4.78, 5) is 12.1. The normalized spacial score (nSPS) is 13.9. The Bertz CT molecular complexity index is 505. The monoisotopic (exact) mass is 562 g/mol. The zero-order chi connectivity index (χ0) is 28.8. The van der Waals surface area contributed by atoms with Crippen molar-refractivity contribution in [3.63, 3.8) is 0 Å². The van der Waals surface area contributed by atoms with E-state index >= 15 is 0 Å². The van der Waals surface area contributed by atoms with Gasteiger partial charge in [0.25, 0.3) is 0 Å². The van der Waals surface area contributed by atoms with Crippen LogP contribution in [-0.2, 0) is 19.0 Å². The highest BCUT2D eigenvalue weighted by Crippen LogP contribution is 2.15. The third-order valence-corrected chi connectivity index (χ3v) is 6.97. The highest BCUT2D eigenvalue weighted by molar-refractivity contribution is 5.69. The molecule has 0 saturated carbocycles. The average molecular weight is 563 g/mol. The molecule has 39 heavy (non-hydrogen) atoms. The molecule has 0 saturated heterocycles. The number of ether oxygens (including phenoxy) is 3. The van der Waals surface area contributed by atoms with E-state index < -0.39 is 31.5 Å². The predicted molar refractivity (Wildman–Crippen MR) is 156 cm³/mol. The summed E-state index contributed by atoms with van der Waals surface area (Å²) in [6.45, 7) is 1.22. The van der Waals surface area contributed by atoms with Crippen molar-refractivity contribution in [2.45, 2.75) is 154 Å². The topological polar surface area (TPSA) is 126 Å². The Balaban J connectivity index is 3.59. The van der Waals surface area contributed by atoms with Crippen molar-refractivity contribution in [3.8, 4) is 0 Å². The minimum Gasteiger partial charge on any atom is -0.463 e. The molecule has 0 radical (unpaired) electrons. The first-order chi connectivity index (χ1) is 19.0. The van der Waals surface area contributed by atoms with E-state index in [4.69, 9.17) is 24.4 Å². The molecule has 0 aromatic heterocycles. The lowest BCUT2D eigenvalue weighted by atomic mass is 10.0. The van der Waals surface area contributed by atoms with Gasteiger partial charge in [0, 0.05) is 6.42 Å². The van der Waals surface area contributed by atoms with Gasteiger partial charge in [-0.15, -0.1) is 0 Å². The summed E-state index contributed by atoms with van der Waals surface area (Å²) in [5, 5.41) is 36.6. The number of rotatable bonds is 31. The van der Waals surface area contributed by atoms with Gasteiger partial charge >= 0.3 is 5.97 Å². The van der Waals surface area contributed by atoms with Crippen LogP contribution in [0.5, 0.6) is 0 Å². The molecule has 0 fully saturated rings. The Morgan fingerprint density at radius 1 is 0.564 bits per heavy atom. The fraction of sp³-hybridized carbons (Fsp3) is 0.968. The first kappa shape index (κ1) is 38.2. The molecule has 0 bridgehead atoms. The van der Waals surface area contributed by atoms with Crippen molar-refractivity contribution < 1.29 is 39.4 Å². The number of aliphatic hydroxyl groups excluding tert-OH is 4. The van der Waals surface area contributed by atoms with Gasteiger partial charge in [-0.2, -0.15) is 0 Å². The SMILES string of the molecule is CCCCCCCCCCCCCCCCCCCCCC(=O)OCC(COCC(O)CO)OCC(O)CO. The zero-order valence-electron chi connectivity index (χ0n) is 25.0. The van der Waals surface area contributed by atoms with Crippen molar-refractivity contribution in [2.24, 2.45) is 0 Å². The van der Waals surface area contributed by atoms with Crippen molar-refractivity contribution >= 4 is 5.97 Å². The molecule has 0 aromatic carbocycles. The van der Waals surface area contributed by atoms with E-state index in [2.05, 4.69) is 6.92 Å². The second-order valence-electron chi connectivity index (χ2n) is 11.0. The lowest BCUT2D eigenvalue weighted by Crippen LogP contribution is -2.33. The predicted octanol–water partition coefficient (Wildman–Crippen LogP) is 5.46. The molecular formula is C31H62O8. The molecule has 0 aliphatic heterocycles. The van der Waals surface area contributed by atoms with E-state index in [0.29, 0.717) is 6.42 Å². The molecule has 8 nitrogen and oxygen atoms in total. The third kappa shape index (κ3) is 28.6. The summed E-state index contributed by atoms with van der Waals surface area (Å²) in [6.07, 6.45) is 22.6. The van der Waals surface area contributed by atoms with Gasteiger partial charge in [-0.05, 0) is 6.42 Å². The molecule has 0 heterocycles. The maximum Gasteiger partial charge on any atom is 0.305 e. The van der Waals surface area contributed by atoms with E-state index in [0.717, 1.165) is 19.3 Å². The van der Waals surface area contributed by atoms with Gasteiger partial charge in [0.15, 0.2) is 0 Å². The molecule has 0 aliphatic rings. The van der Waals surface area contributed by atoms with Crippen molar-refractivity contribution in [2.75, 3.05) is 39.6 Å². The molecule has 0 aromatic rings. The first-order valence-corrected chi connectivity index (χ1v) is 16.0. The van der Waals surface area contributed by atoms with E-state index in [1.165, 1.54) is 103 Å². The maximum atomic E-state index is 12.1. The minimum absolute atomic E-state index is 0.0295. The van der Waals surface area contributed by atoms with E-state index in [-0.39, 0.29) is 32.4 Å². The maximum absolute atomic E-state index is 12.1. The standard InChI is InChI=1S/C31H62O8/c1-2-3-4-5-6-7-8-9-10-11-12-13-14-15-16-17-18-19-20-21-31(36)39-27-30(38-25-29(35)23-33)26-37-24-28(34)22-32/h28-30,32-35H,2-27H2,1H3. The van der Waals surface area contributed by atoms with Gasteiger partial charge in [-0.25, -0.2) is 0 Å². The third-order valence-electron chi connectivity index (χ3n) is 6.97. The van der Waals surface area contributed by atoms with Crippen LogP contribution >= 0.6 is 0 Å². The van der Waals surface area contributed by atoms with Crippen LogP contribution in [0.15, 0.2) is 0 Å². The van der Waals surface area contributed by atoms with Crippen LogP contribution in [0.2, 0.25) is 0 Å². The summed E-state index contributed by atoms with van der Waals surface area (Å²) in [5.74, 6) is -0.298. The van der Waals surface area contributed by atoms with E-state index in [1.54, 1.807) is 0 Å². The minimum atomic E-state index is -1.03. The Labute approximate surface area is 238 Å². The summed E-state index contributed by atoms with van der Waals surface area (Å²) < 4.78 is 16.0. The van der Waals surface area contributed by atoms with E-state index in [9.17, 15) is 15.0 Å². The second-order valence-corrected chi connectivity index (χ2v) is 11.0. The van der Waals surface area contributed by atoms with Crippen LogP contribution < -0.4 is 0 Å². The summed E-state index contributed by atoms with van der Waals surface area (Å²) >= 11 is 0. The average Bonchev–Trinajstić information content (AvgIpc) is 2.94. The highest BCUT2D eigenvalue weighted by atomic mass is 16.6. The van der Waals surface area contributed by atoms with Gasteiger partial charge in [0.2, 0.25) is 0 Å². The Morgan fingerprint density at radius 3 is 1.41 bits per heavy atom. The number of hydrogen-bond acceptors (Lipinski definition) is 8. The fourth-order valence-corrected chi connectivity index (χ4v) is 4.44. The molecule has 0 spiro atoms. The Morgan fingerprint density at radius 2 is 0.974 bits per heavy atom. The quantitative estimate of drug-likeness (QED) is 0.0648. The van der Waals surface area contributed by atoms with Gasteiger partial charge in [-0.1, -0.05) is 122 Å². The molecule has 234 valence electrons. The Hall–Kier alpha value is -0.770. The molecule has 3 atom stereocenters. The summed E-state index contributed by atoms with van der Waals surface area (Å²) in [6, 6.07) is 0. The lowest BCUT2D eigenvalue weighted by Gasteiger charge is -2.20. The Kier molecular flexibility index (Phi) is 29.6. The lowest BCUT2D eigenvalue weighted by molar-refractivity contribution is -0.152. The zero-order valence-corrected chi connectivity index (χ0v) is 25.0. The number of aliphatic hydroxyl groups is 4. The molecule has 4 N–H and O–H groups in total. The number of hydrogen-bond donors (Lipinski definition) is 4. The summed E-state index contributed by atoms with van der Waals surface area (Å²) in [7, 11) is 0. The van der Waals surface area contributed by atoms with E-state index in [1.807, 2.05) is 0 Å². The van der Waals surface area contributed by atoms with Crippen LogP contribution in [-0.4, -0.2) is 84.3 Å². The number of carbonyl (C=O) groups is 1. The first-order valence-electron chi connectivity index (χ1n) is 16.0.